The van der Waals surface area contributed by atoms with E-state index in [0.29, 0.717) is 5.75 Å². The molecule has 0 aliphatic rings. The van der Waals surface area contributed by atoms with E-state index in [-0.39, 0.29) is 9.79 Å². The normalized spacial score (nSPS) is 13.6. The summed E-state index contributed by atoms with van der Waals surface area (Å²) in [4.78, 5) is 0.107. The fraction of sp³-hybridized carbons (Fsp3) is 0.294. The van der Waals surface area contributed by atoms with Gasteiger partial charge in [-0.3, -0.25) is 0 Å². The highest BCUT2D eigenvalue weighted by Gasteiger charge is 2.28. The topological polar surface area (TPSA) is 80.8 Å². The van der Waals surface area contributed by atoms with Gasteiger partial charge in [0, 0.05) is 18.9 Å². The van der Waals surface area contributed by atoms with Gasteiger partial charge in [-0.1, -0.05) is 18.2 Å². The Labute approximate surface area is 149 Å². The van der Waals surface area contributed by atoms with E-state index in [1.54, 1.807) is 13.0 Å². The van der Waals surface area contributed by atoms with Gasteiger partial charge in [-0.15, -0.1) is 0 Å². The fourth-order valence-electron chi connectivity index (χ4n) is 2.44. The first-order chi connectivity index (χ1) is 11.6. The maximum atomic E-state index is 12.8. The molecule has 0 heterocycles. The van der Waals surface area contributed by atoms with Gasteiger partial charge in [0.05, 0.1) is 22.9 Å². The summed E-state index contributed by atoms with van der Waals surface area (Å²) in [6, 6.07) is 11.9. The molecule has 8 heteroatoms. The van der Waals surface area contributed by atoms with Crippen LogP contribution >= 0.6 is 0 Å². The second-order valence-electron chi connectivity index (χ2n) is 5.68. The lowest BCUT2D eigenvalue weighted by Crippen LogP contribution is -2.30. The van der Waals surface area contributed by atoms with Gasteiger partial charge in [-0.05, 0) is 37.3 Å². The molecule has 0 aliphatic heterocycles. The molecule has 25 heavy (non-hydrogen) atoms. The number of hydrogen-bond donors (Lipinski definition) is 0. The minimum Gasteiger partial charge on any atom is -0.496 e. The average molecular weight is 383 g/mol. The highest BCUT2D eigenvalue weighted by molar-refractivity contribution is 7.90. The molecule has 2 aromatic rings. The molecule has 0 aromatic heterocycles. The van der Waals surface area contributed by atoms with Crippen molar-refractivity contribution in [3.8, 4) is 5.75 Å². The van der Waals surface area contributed by atoms with Crippen LogP contribution in [0.5, 0.6) is 5.75 Å². The van der Waals surface area contributed by atoms with Crippen LogP contribution in [-0.4, -0.2) is 41.6 Å². The van der Waals surface area contributed by atoms with Gasteiger partial charge < -0.3 is 4.74 Å². The van der Waals surface area contributed by atoms with Crippen LogP contribution in [0.1, 0.15) is 18.5 Å². The number of sulfonamides is 1. The number of hydrogen-bond acceptors (Lipinski definition) is 5. The van der Waals surface area contributed by atoms with Crippen LogP contribution in [0.15, 0.2) is 58.3 Å². The van der Waals surface area contributed by atoms with Gasteiger partial charge in [0.15, 0.2) is 9.84 Å². The number of methoxy groups -OCH3 is 1. The van der Waals surface area contributed by atoms with E-state index in [9.17, 15) is 16.8 Å². The van der Waals surface area contributed by atoms with Crippen LogP contribution in [0.3, 0.4) is 0 Å². The van der Waals surface area contributed by atoms with Crippen LogP contribution in [0.4, 0.5) is 0 Å². The van der Waals surface area contributed by atoms with E-state index in [1.165, 1.54) is 42.7 Å². The quantitative estimate of drug-likeness (QED) is 0.765. The summed E-state index contributed by atoms with van der Waals surface area (Å²) < 4.78 is 55.3. The van der Waals surface area contributed by atoms with Gasteiger partial charge in [-0.2, -0.15) is 4.31 Å². The second-order valence-corrected chi connectivity index (χ2v) is 9.70. The van der Waals surface area contributed by atoms with Crippen LogP contribution in [0, 0.1) is 0 Å². The predicted molar refractivity (Wildman–Crippen MR) is 95.9 cm³/mol. The third kappa shape index (κ3) is 4.02. The Hall–Kier alpha value is -1.90. The molecule has 0 saturated carbocycles. The second kappa shape index (κ2) is 7.15. The lowest BCUT2D eigenvalue weighted by Gasteiger charge is -2.26. The Kier molecular flexibility index (Phi) is 5.55. The van der Waals surface area contributed by atoms with Crippen molar-refractivity contribution in [1.29, 1.82) is 0 Å². The molecule has 6 nitrogen and oxygen atoms in total. The van der Waals surface area contributed by atoms with Crippen molar-refractivity contribution >= 4 is 19.9 Å². The molecule has 0 spiro atoms. The van der Waals surface area contributed by atoms with Crippen molar-refractivity contribution in [3.63, 3.8) is 0 Å². The largest absolute Gasteiger partial charge is 0.496 e. The molecule has 0 amide bonds. The number of nitrogens with zero attached hydrogens (tertiary/aromatic N) is 1. The van der Waals surface area contributed by atoms with Crippen molar-refractivity contribution in [1.82, 2.24) is 4.31 Å². The summed E-state index contributed by atoms with van der Waals surface area (Å²) in [5.41, 5.74) is 0.740. The lowest BCUT2D eigenvalue weighted by atomic mass is 10.1. The van der Waals surface area contributed by atoms with Crippen molar-refractivity contribution < 1.29 is 21.6 Å². The molecule has 0 saturated heterocycles. The molecule has 2 rings (SSSR count). The van der Waals surface area contributed by atoms with Crippen LogP contribution < -0.4 is 4.74 Å². The average Bonchev–Trinajstić information content (AvgIpc) is 2.59. The van der Waals surface area contributed by atoms with E-state index in [1.807, 2.05) is 18.2 Å². The third-order valence-electron chi connectivity index (χ3n) is 4.06. The third-order valence-corrected chi connectivity index (χ3v) is 7.13. The smallest absolute Gasteiger partial charge is 0.243 e. The first-order valence-corrected chi connectivity index (χ1v) is 10.8. The summed E-state index contributed by atoms with van der Waals surface area (Å²) in [6.45, 7) is 1.76. The minimum absolute atomic E-state index is 0.0316. The molecule has 0 fully saturated rings. The molecule has 0 bridgehead atoms. The van der Waals surface area contributed by atoms with Gasteiger partial charge in [0.25, 0.3) is 0 Å². The Balaban J connectivity index is 2.38. The Morgan fingerprint density at radius 2 is 1.44 bits per heavy atom. The van der Waals surface area contributed by atoms with Crippen LogP contribution in [-0.2, 0) is 19.9 Å². The summed E-state index contributed by atoms with van der Waals surface area (Å²) in [5, 5.41) is 0. The first kappa shape index (κ1) is 19.4. The van der Waals surface area contributed by atoms with Gasteiger partial charge in [0.1, 0.15) is 5.75 Å². The number of benzene rings is 2. The molecule has 0 radical (unpaired) electrons. The highest BCUT2D eigenvalue weighted by Crippen LogP contribution is 2.31. The number of para-hydroxylation sites is 1. The Morgan fingerprint density at radius 1 is 0.920 bits per heavy atom. The Bertz CT molecular complexity index is 951. The number of rotatable bonds is 6. The van der Waals surface area contributed by atoms with Gasteiger partial charge in [-0.25, -0.2) is 16.8 Å². The van der Waals surface area contributed by atoms with Crippen molar-refractivity contribution in [2.24, 2.45) is 0 Å². The zero-order valence-electron chi connectivity index (χ0n) is 14.5. The summed E-state index contributed by atoms with van der Waals surface area (Å²) >= 11 is 0. The summed E-state index contributed by atoms with van der Waals surface area (Å²) in [5.74, 6) is 0.601. The molecule has 0 aliphatic carbocycles. The maximum absolute atomic E-state index is 12.8. The van der Waals surface area contributed by atoms with Gasteiger partial charge in [0.2, 0.25) is 10.0 Å². The first-order valence-electron chi connectivity index (χ1n) is 7.50. The zero-order chi connectivity index (χ0) is 18.8. The summed E-state index contributed by atoms with van der Waals surface area (Å²) in [7, 11) is -4.15. The maximum Gasteiger partial charge on any atom is 0.243 e. The SMILES string of the molecule is COc1ccccc1C(C)N(C)S(=O)(=O)c1ccc(S(C)(=O)=O)cc1. The van der Waals surface area contributed by atoms with Gasteiger partial charge >= 0.3 is 0 Å². The molecular formula is C17H21NO5S2. The van der Waals surface area contributed by atoms with E-state index in [0.717, 1.165) is 11.8 Å². The van der Waals surface area contributed by atoms with E-state index in [4.69, 9.17) is 4.74 Å². The van der Waals surface area contributed by atoms with E-state index >= 15 is 0 Å². The minimum atomic E-state index is -3.79. The summed E-state index contributed by atoms with van der Waals surface area (Å²) in [6.07, 6.45) is 1.08. The molecular weight excluding hydrogens is 362 g/mol. The Morgan fingerprint density at radius 3 is 1.96 bits per heavy atom. The van der Waals surface area contributed by atoms with Crippen molar-refractivity contribution in [2.75, 3.05) is 20.4 Å². The zero-order valence-corrected chi connectivity index (χ0v) is 16.1. The van der Waals surface area contributed by atoms with Crippen molar-refractivity contribution in [3.05, 3.63) is 54.1 Å². The fourth-order valence-corrected chi connectivity index (χ4v) is 4.41. The predicted octanol–water partition coefficient (Wildman–Crippen LogP) is 2.48. The number of sulfone groups is 1. The molecule has 136 valence electrons. The van der Waals surface area contributed by atoms with E-state index in [2.05, 4.69) is 0 Å². The number of ether oxygens (including phenoxy) is 1. The molecule has 2 aromatic carbocycles. The molecule has 1 unspecified atom stereocenters. The molecule has 0 N–H and O–H groups in total. The highest BCUT2D eigenvalue weighted by atomic mass is 32.2. The monoisotopic (exact) mass is 383 g/mol. The lowest BCUT2D eigenvalue weighted by molar-refractivity contribution is 0.367. The standard InChI is InChI=1S/C17H21NO5S2/c1-13(16-7-5-6-8-17(16)23-3)18(2)25(21,22)15-11-9-14(10-12-15)24(4,19)20/h5-13H,1-4H3. The van der Waals surface area contributed by atoms with Crippen LogP contribution in [0.2, 0.25) is 0 Å². The molecule has 1 atom stereocenters. The van der Waals surface area contributed by atoms with Crippen LogP contribution in [0.25, 0.3) is 0 Å². The van der Waals surface area contributed by atoms with Crippen molar-refractivity contribution in [2.45, 2.75) is 22.8 Å². The van der Waals surface area contributed by atoms with E-state index < -0.39 is 25.9 Å².